The lowest BCUT2D eigenvalue weighted by Crippen LogP contribution is -2.04. The molecule has 1 N–H and O–H groups in total. The van der Waals surface area contributed by atoms with E-state index in [1.54, 1.807) is 43.3 Å². The Morgan fingerprint density at radius 3 is 2.40 bits per heavy atom. The summed E-state index contributed by atoms with van der Waals surface area (Å²) in [7, 11) is 3.05. The van der Waals surface area contributed by atoms with Gasteiger partial charge in [-0.05, 0) is 30.2 Å². The number of hydrogen-bond acceptors (Lipinski definition) is 3. The predicted molar refractivity (Wildman–Crippen MR) is 74.7 cm³/mol. The Kier molecular flexibility index (Phi) is 4.25. The number of aliphatic hydroxyl groups is 1. The average molecular weight is 276 g/mol. The number of hydrogen-bond donors (Lipinski definition) is 1. The number of aliphatic hydroxyl groups excluding tert-OH is 1. The highest BCUT2D eigenvalue weighted by atomic mass is 19.1. The molecule has 3 nitrogen and oxygen atoms in total. The maximum Gasteiger partial charge on any atom is 0.161 e. The molecule has 0 bridgehead atoms. The molecule has 2 rings (SSSR count). The van der Waals surface area contributed by atoms with Gasteiger partial charge in [-0.3, -0.25) is 0 Å². The summed E-state index contributed by atoms with van der Waals surface area (Å²) in [5.41, 5.74) is 1.30. The van der Waals surface area contributed by atoms with E-state index in [4.69, 9.17) is 9.47 Å². The van der Waals surface area contributed by atoms with Crippen molar-refractivity contribution in [3.63, 3.8) is 0 Å². The molecule has 0 saturated carbocycles. The Labute approximate surface area is 117 Å². The minimum Gasteiger partial charge on any atom is -0.493 e. The first-order chi connectivity index (χ1) is 9.58. The molecule has 4 heteroatoms. The summed E-state index contributed by atoms with van der Waals surface area (Å²) in [6.45, 7) is 1.67. The van der Waals surface area contributed by atoms with E-state index in [-0.39, 0.29) is 5.56 Å². The summed E-state index contributed by atoms with van der Waals surface area (Å²) >= 11 is 0. The molecule has 0 aromatic heterocycles. The standard InChI is InChI=1S/C16H17FO3/c1-10-5-4-6-12(15(10)17)16(18)11-7-8-13(19-2)14(9-11)20-3/h4-9,16,18H,1-3H3. The SMILES string of the molecule is COc1ccc(C(O)c2cccc(C)c2F)cc1OC. The molecule has 0 spiro atoms. The van der Waals surface area contributed by atoms with Gasteiger partial charge < -0.3 is 14.6 Å². The normalized spacial score (nSPS) is 12.1. The third kappa shape index (κ3) is 2.60. The van der Waals surface area contributed by atoms with Gasteiger partial charge in [-0.15, -0.1) is 0 Å². The third-order valence-corrected chi connectivity index (χ3v) is 3.24. The molecule has 0 radical (unpaired) electrons. The second kappa shape index (κ2) is 5.92. The topological polar surface area (TPSA) is 38.7 Å². The largest absolute Gasteiger partial charge is 0.493 e. The number of ether oxygens (including phenoxy) is 2. The number of methoxy groups -OCH3 is 2. The first-order valence-corrected chi connectivity index (χ1v) is 6.23. The maximum absolute atomic E-state index is 14.0. The lowest BCUT2D eigenvalue weighted by atomic mass is 9.99. The molecular formula is C16H17FO3. The number of halogens is 1. The van der Waals surface area contributed by atoms with Gasteiger partial charge in [-0.2, -0.15) is 0 Å². The van der Waals surface area contributed by atoms with Crippen LogP contribution in [0.25, 0.3) is 0 Å². The zero-order valence-corrected chi connectivity index (χ0v) is 11.7. The highest BCUT2D eigenvalue weighted by molar-refractivity contribution is 5.45. The molecule has 1 unspecified atom stereocenters. The van der Waals surface area contributed by atoms with Crippen LogP contribution in [0.15, 0.2) is 36.4 Å². The van der Waals surface area contributed by atoms with Crippen molar-refractivity contribution in [2.45, 2.75) is 13.0 Å². The van der Waals surface area contributed by atoms with Gasteiger partial charge in [0.25, 0.3) is 0 Å². The van der Waals surface area contributed by atoms with Crippen LogP contribution in [0.1, 0.15) is 22.8 Å². The zero-order chi connectivity index (χ0) is 14.7. The molecule has 0 fully saturated rings. The van der Waals surface area contributed by atoms with E-state index in [9.17, 15) is 9.50 Å². The molecular weight excluding hydrogens is 259 g/mol. The minimum absolute atomic E-state index is 0.247. The van der Waals surface area contributed by atoms with Crippen LogP contribution in [0.5, 0.6) is 11.5 Å². The summed E-state index contributed by atoms with van der Waals surface area (Å²) in [5, 5.41) is 10.3. The lowest BCUT2D eigenvalue weighted by Gasteiger charge is -2.15. The summed E-state index contributed by atoms with van der Waals surface area (Å²) in [5.74, 6) is 0.667. The fourth-order valence-electron chi connectivity index (χ4n) is 2.08. The van der Waals surface area contributed by atoms with Gasteiger partial charge >= 0.3 is 0 Å². The van der Waals surface area contributed by atoms with Crippen LogP contribution in [-0.2, 0) is 0 Å². The average Bonchev–Trinajstić information content (AvgIpc) is 2.48. The Hall–Kier alpha value is -2.07. The van der Waals surface area contributed by atoms with Crippen LogP contribution in [0.2, 0.25) is 0 Å². The van der Waals surface area contributed by atoms with Crippen LogP contribution in [0.4, 0.5) is 4.39 Å². The van der Waals surface area contributed by atoms with Gasteiger partial charge in [-0.25, -0.2) is 4.39 Å². The fourth-order valence-corrected chi connectivity index (χ4v) is 2.08. The second-order valence-corrected chi connectivity index (χ2v) is 4.50. The minimum atomic E-state index is -1.05. The molecule has 106 valence electrons. The van der Waals surface area contributed by atoms with E-state index in [1.165, 1.54) is 14.2 Å². The van der Waals surface area contributed by atoms with Gasteiger partial charge in [0.1, 0.15) is 11.9 Å². The van der Waals surface area contributed by atoms with Crippen molar-refractivity contribution in [1.29, 1.82) is 0 Å². The van der Waals surface area contributed by atoms with E-state index >= 15 is 0 Å². The molecule has 0 heterocycles. The molecule has 0 amide bonds. The molecule has 0 aliphatic carbocycles. The van der Waals surface area contributed by atoms with Crippen molar-refractivity contribution in [3.8, 4) is 11.5 Å². The molecule has 0 aliphatic heterocycles. The zero-order valence-electron chi connectivity index (χ0n) is 11.7. The van der Waals surface area contributed by atoms with E-state index in [0.29, 0.717) is 22.6 Å². The van der Waals surface area contributed by atoms with E-state index in [2.05, 4.69) is 0 Å². The van der Waals surface area contributed by atoms with E-state index < -0.39 is 11.9 Å². The van der Waals surface area contributed by atoms with Gasteiger partial charge in [-0.1, -0.05) is 24.3 Å². The number of benzene rings is 2. The van der Waals surface area contributed by atoms with Crippen molar-refractivity contribution >= 4 is 0 Å². The summed E-state index contributed by atoms with van der Waals surface area (Å²) in [6, 6.07) is 9.98. The highest BCUT2D eigenvalue weighted by Crippen LogP contribution is 2.33. The van der Waals surface area contributed by atoms with E-state index in [1.807, 2.05) is 0 Å². The van der Waals surface area contributed by atoms with Crippen LogP contribution < -0.4 is 9.47 Å². The van der Waals surface area contributed by atoms with Crippen LogP contribution in [-0.4, -0.2) is 19.3 Å². The Morgan fingerprint density at radius 1 is 1.05 bits per heavy atom. The number of rotatable bonds is 4. The smallest absolute Gasteiger partial charge is 0.161 e. The predicted octanol–water partition coefficient (Wildman–Crippen LogP) is 3.23. The summed E-state index contributed by atoms with van der Waals surface area (Å²) < 4.78 is 24.4. The molecule has 2 aromatic rings. The van der Waals surface area contributed by atoms with Gasteiger partial charge in [0, 0.05) is 5.56 Å². The van der Waals surface area contributed by atoms with Gasteiger partial charge in [0.15, 0.2) is 11.5 Å². The molecule has 2 aromatic carbocycles. The first-order valence-electron chi connectivity index (χ1n) is 6.23. The monoisotopic (exact) mass is 276 g/mol. The van der Waals surface area contributed by atoms with Crippen molar-refractivity contribution in [3.05, 3.63) is 58.9 Å². The number of aryl methyl sites for hydroxylation is 1. The van der Waals surface area contributed by atoms with Crippen molar-refractivity contribution in [2.75, 3.05) is 14.2 Å². The van der Waals surface area contributed by atoms with Crippen LogP contribution >= 0.6 is 0 Å². The van der Waals surface area contributed by atoms with Crippen molar-refractivity contribution in [2.24, 2.45) is 0 Å². The van der Waals surface area contributed by atoms with Crippen molar-refractivity contribution in [1.82, 2.24) is 0 Å². The molecule has 0 saturated heterocycles. The fraction of sp³-hybridized carbons (Fsp3) is 0.250. The van der Waals surface area contributed by atoms with E-state index in [0.717, 1.165) is 0 Å². The van der Waals surface area contributed by atoms with Gasteiger partial charge in [0.05, 0.1) is 14.2 Å². The summed E-state index contributed by atoms with van der Waals surface area (Å²) in [6.07, 6.45) is -1.05. The van der Waals surface area contributed by atoms with Crippen LogP contribution in [0, 0.1) is 12.7 Å². The first kappa shape index (κ1) is 14.3. The summed E-state index contributed by atoms with van der Waals surface area (Å²) in [4.78, 5) is 0. The molecule has 1 atom stereocenters. The molecule has 20 heavy (non-hydrogen) atoms. The Balaban J connectivity index is 2.43. The Bertz CT molecular complexity index is 611. The second-order valence-electron chi connectivity index (χ2n) is 4.50. The van der Waals surface area contributed by atoms with Crippen LogP contribution in [0.3, 0.4) is 0 Å². The quantitative estimate of drug-likeness (QED) is 0.931. The Morgan fingerprint density at radius 2 is 1.75 bits per heavy atom. The highest BCUT2D eigenvalue weighted by Gasteiger charge is 2.17. The third-order valence-electron chi connectivity index (χ3n) is 3.24. The van der Waals surface area contributed by atoms with Crippen molar-refractivity contribution < 1.29 is 19.0 Å². The maximum atomic E-state index is 14.0. The molecule has 0 aliphatic rings. The lowest BCUT2D eigenvalue weighted by molar-refractivity contribution is 0.214. The van der Waals surface area contributed by atoms with Gasteiger partial charge in [0.2, 0.25) is 0 Å².